The highest BCUT2D eigenvalue weighted by molar-refractivity contribution is 4.96. The molecule has 4 atom stereocenters. The second-order valence-electron chi connectivity index (χ2n) is 7.31. The summed E-state index contributed by atoms with van der Waals surface area (Å²) in [5.74, 6) is 1.94. The van der Waals surface area contributed by atoms with Gasteiger partial charge in [0.2, 0.25) is 0 Å². The number of likely N-dealkylation sites (tertiary alicyclic amines) is 1. The number of nitrogens with zero attached hydrogens (tertiary/aromatic N) is 1. The summed E-state index contributed by atoms with van der Waals surface area (Å²) in [4.78, 5) is 2.86. The van der Waals surface area contributed by atoms with Crippen molar-refractivity contribution in [1.29, 1.82) is 0 Å². The van der Waals surface area contributed by atoms with E-state index in [2.05, 4.69) is 11.8 Å². The van der Waals surface area contributed by atoms with Crippen LogP contribution in [0.2, 0.25) is 0 Å². The highest BCUT2D eigenvalue weighted by Crippen LogP contribution is 2.39. The molecule has 1 saturated heterocycles. The van der Waals surface area contributed by atoms with Gasteiger partial charge < -0.3 is 5.73 Å². The minimum absolute atomic E-state index is 0.449. The van der Waals surface area contributed by atoms with Crippen LogP contribution in [0.25, 0.3) is 0 Å². The molecule has 0 aromatic carbocycles. The normalized spacial score (nSPS) is 42.0. The van der Waals surface area contributed by atoms with Crippen LogP contribution in [-0.2, 0) is 0 Å². The fraction of sp³-hybridized carbons (Fsp3) is 1.00. The van der Waals surface area contributed by atoms with Gasteiger partial charge >= 0.3 is 0 Å². The van der Waals surface area contributed by atoms with Crippen LogP contribution in [0.3, 0.4) is 0 Å². The van der Waals surface area contributed by atoms with Gasteiger partial charge in [-0.3, -0.25) is 4.90 Å². The van der Waals surface area contributed by atoms with Gasteiger partial charge in [-0.1, -0.05) is 26.2 Å². The van der Waals surface area contributed by atoms with Crippen LogP contribution in [0.15, 0.2) is 0 Å². The average Bonchev–Trinajstić information content (AvgIpc) is 3.09. The molecule has 2 aliphatic carbocycles. The third-order valence-corrected chi connectivity index (χ3v) is 6.27. The maximum absolute atomic E-state index is 6.49. The first-order valence-corrected chi connectivity index (χ1v) is 8.81. The van der Waals surface area contributed by atoms with E-state index in [0.29, 0.717) is 12.1 Å². The lowest BCUT2D eigenvalue weighted by Gasteiger charge is -2.43. The topological polar surface area (TPSA) is 29.3 Å². The maximum atomic E-state index is 6.49. The molecule has 1 heterocycles. The van der Waals surface area contributed by atoms with Crippen LogP contribution in [0.4, 0.5) is 0 Å². The summed E-state index contributed by atoms with van der Waals surface area (Å²) in [6.45, 7) is 3.69. The first-order valence-electron chi connectivity index (χ1n) is 8.81. The molecule has 110 valence electrons. The number of rotatable bonds is 3. The van der Waals surface area contributed by atoms with Crippen molar-refractivity contribution in [2.75, 3.05) is 6.54 Å². The van der Waals surface area contributed by atoms with Crippen LogP contribution in [0.1, 0.15) is 71.1 Å². The molecule has 0 aromatic rings. The standard InChI is InChI=1S/C17H32N2/c1-2-13-9-10-15(18)17(12-13)19-11-5-8-16(19)14-6-3-4-7-14/h13-17H,2-12,18H2,1H3. The van der Waals surface area contributed by atoms with E-state index in [4.69, 9.17) is 5.73 Å². The summed E-state index contributed by atoms with van der Waals surface area (Å²) in [6, 6.07) is 2.03. The molecule has 0 radical (unpaired) electrons. The van der Waals surface area contributed by atoms with Crippen LogP contribution < -0.4 is 5.73 Å². The summed E-state index contributed by atoms with van der Waals surface area (Å²) < 4.78 is 0. The number of nitrogens with two attached hydrogens (primary N) is 1. The molecule has 0 spiro atoms. The van der Waals surface area contributed by atoms with Crippen molar-refractivity contribution in [3.05, 3.63) is 0 Å². The molecule has 3 aliphatic rings. The smallest absolute Gasteiger partial charge is 0.0252 e. The highest BCUT2D eigenvalue weighted by atomic mass is 15.2. The Kier molecular flexibility index (Phi) is 4.48. The van der Waals surface area contributed by atoms with Crippen molar-refractivity contribution in [3.8, 4) is 0 Å². The van der Waals surface area contributed by atoms with Crippen molar-refractivity contribution < 1.29 is 0 Å². The van der Waals surface area contributed by atoms with E-state index in [1.165, 1.54) is 70.8 Å². The summed E-state index contributed by atoms with van der Waals surface area (Å²) in [7, 11) is 0. The predicted molar refractivity (Wildman–Crippen MR) is 81.1 cm³/mol. The van der Waals surface area contributed by atoms with Crippen LogP contribution >= 0.6 is 0 Å². The lowest BCUT2D eigenvalue weighted by molar-refractivity contribution is 0.0748. The van der Waals surface area contributed by atoms with Gasteiger partial charge in [-0.05, 0) is 63.3 Å². The zero-order valence-corrected chi connectivity index (χ0v) is 12.7. The molecule has 1 aliphatic heterocycles. The fourth-order valence-corrected chi connectivity index (χ4v) is 5.08. The minimum atomic E-state index is 0.449. The van der Waals surface area contributed by atoms with Gasteiger partial charge in [-0.25, -0.2) is 0 Å². The molecule has 0 aromatic heterocycles. The van der Waals surface area contributed by atoms with Crippen LogP contribution in [0.5, 0.6) is 0 Å². The van der Waals surface area contributed by atoms with Gasteiger partial charge in [0.05, 0.1) is 0 Å². The van der Waals surface area contributed by atoms with Crippen LogP contribution in [-0.4, -0.2) is 29.6 Å². The fourth-order valence-electron chi connectivity index (χ4n) is 5.08. The van der Waals surface area contributed by atoms with E-state index in [9.17, 15) is 0 Å². The SMILES string of the molecule is CCC1CCC(N)C(N2CCCC2C2CCCC2)C1. The number of hydrogen-bond donors (Lipinski definition) is 1. The lowest BCUT2D eigenvalue weighted by Crippen LogP contribution is -2.54. The Morgan fingerprint density at radius 3 is 2.47 bits per heavy atom. The van der Waals surface area contributed by atoms with Gasteiger partial charge in [0.15, 0.2) is 0 Å². The van der Waals surface area contributed by atoms with Gasteiger partial charge in [0.25, 0.3) is 0 Å². The molecule has 2 N–H and O–H groups in total. The quantitative estimate of drug-likeness (QED) is 0.844. The third-order valence-electron chi connectivity index (χ3n) is 6.27. The first-order chi connectivity index (χ1) is 9.29. The molecular formula is C17H32N2. The van der Waals surface area contributed by atoms with E-state index < -0.39 is 0 Å². The molecular weight excluding hydrogens is 232 g/mol. The van der Waals surface area contributed by atoms with Gasteiger partial charge in [-0.2, -0.15) is 0 Å². The molecule has 2 saturated carbocycles. The van der Waals surface area contributed by atoms with E-state index in [0.717, 1.165) is 17.9 Å². The van der Waals surface area contributed by atoms with Crippen molar-refractivity contribution in [3.63, 3.8) is 0 Å². The van der Waals surface area contributed by atoms with E-state index in [1.807, 2.05) is 0 Å². The predicted octanol–water partition coefficient (Wildman–Crippen LogP) is 3.55. The Balaban J connectivity index is 1.68. The third kappa shape index (κ3) is 2.85. The summed E-state index contributed by atoms with van der Waals surface area (Å²) >= 11 is 0. The molecule has 0 bridgehead atoms. The van der Waals surface area contributed by atoms with Gasteiger partial charge in [-0.15, -0.1) is 0 Å². The molecule has 4 unspecified atom stereocenters. The number of hydrogen-bond acceptors (Lipinski definition) is 2. The monoisotopic (exact) mass is 264 g/mol. The Morgan fingerprint density at radius 1 is 0.947 bits per heavy atom. The van der Waals surface area contributed by atoms with Gasteiger partial charge in [0.1, 0.15) is 0 Å². The van der Waals surface area contributed by atoms with Crippen LogP contribution in [0, 0.1) is 11.8 Å². The molecule has 3 fully saturated rings. The zero-order chi connectivity index (χ0) is 13.2. The Labute approximate surface area is 119 Å². The van der Waals surface area contributed by atoms with Crippen molar-refractivity contribution in [2.45, 2.75) is 89.3 Å². The first kappa shape index (κ1) is 13.9. The van der Waals surface area contributed by atoms with Crippen molar-refractivity contribution in [1.82, 2.24) is 4.90 Å². The second kappa shape index (κ2) is 6.13. The maximum Gasteiger partial charge on any atom is 0.0252 e. The Morgan fingerprint density at radius 2 is 1.74 bits per heavy atom. The van der Waals surface area contributed by atoms with Gasteiger partial charge in [0, 0.05) is 18.1 Å². The Hall–Kier alpha value is -0.0800. The van der Waals surface area contributed by atoms with E-state index in [-0.39, 0.29) is 0 Å². The molecule has 3 rings (SSSR count). The van der Waals surface area contributed by atoms with Crippen molar-refractivity contribution >= 4 is 0 Å². The average molecular weight is 264 g/mol. The summed E-state index contributed by atoms with van der Waals surface area (Å²) in [6.07, 6.45) is 14.2. The lowest BCUT2D eigenvalue weighted by atomic mass is 9.80. The van der Waals surface area contributed by atoms with Crippen molar-refractivity contribution in [2.24, 2.45) is 17.6 Å². The van der Waals surface area contributed by atoms with E-state index >= 15 is 0 Å². The second-order valence-corrected chi connectivity index (χ2v) is 7.31. The molecule has 19 heavy (non-hydrogen) atoms. The minimum Gasteiger partial charge on any atom is -0.326 e. The summed E-state index contributed by atoms with van der Waals surface area (Å²) in [5, 5.41) is 0. The molecule has 2 heteroatoms. The Bertz CT molecular complexity index is 285. The largest absolute Gasteiger partial charge is 0.326 e. The zero-order valence-electron chi connectivity index (χ0n) is 12.7. The molecule has 0 amide bonds. The molecule has 2 nitrogen and oxygen atoms in total. The summed E-state index contributed by atoms with van der Waals surface area (Å²) in [5.41, 5.74) is 6.49. The highest BCUT2D eigenvalue weighted by Gasteiger charge is 2.40. The van der Waals surface area contributed by atoms with E-state index in [1.54, 1.807) is 0 Å².